The molecule has 0 heterocycles. The molecule has 2 aromatic carbocycles. The van der Waals surface area contributed by atoms with E-state index in [0.717, 1.165) is 30.4 Å². The first kappa shape index (κ1) is 42.2. The van der Waals surface area contributed by atoms with Crippen molar-refractivity contribution in [1.82, 2.24) is 9.80 Å². The molecule has 0 aromatic heterocycles. The van der Waals surface area contributed by atoms with Gasteiger partial charge in [-0.3, -0.25) is 9.59 Å². The predicted octanol–water partition coefficient (Wildman–Crippen LogP) is 8.91. The van der Waals surface area contributed by atoms with Gasteiger partial charge < -0.3 is 14.9 Å². The number of carbonyl (C=O) groups excluding carboxylic acids is 2. The monoisotopic (exact) mass is 1190 g/mol. The van der Waals surface area contributed by atoms with Gasteiger partial charge in [0, 0.05) is 28.2 Å². The van der Waals surface area contributed by atoms with Crippen molar-refractivity contribution in [3.05, 3.63) is 70.8 Å². The Labute approximate surface area is 308 Å². The molecule has 2 aromatic rings. The second-order valence-electron chi connectivity index (χ2n) is 9.95. The van der Waals surface area contributed by atoms with Gasteiger partial charge in [0.05, 0.1) is 17.9 Å². The van der Waals surface area contributed by atoms with Gasteiger partial charge in [0.1, 0.15) is 0 Å². The van der Waals surface area contributed by atoms with E-state index in [9.17, 15) is 14.7 Å². The van der Waals surface area contributed by atoms with E-state index in [4.69, 9.17) is 0 Å². The molecule has 1 atom stereocenters. The van der Waals surface area contributed by atoms with Crippen LogP contribution in [-0.4, -0.2) is 60.5 Å². The van der Waals surface area contributed by atoms with Gasteiger partial charge in [-0.05, 0) is 37.8 Å². The van der Waals surface area contributed by atoms with Gasteiger partial charge in [-0.2, -0.15) is 0 Å². The molecule has 40 heavy (non-hydrogen) atoms. The normalized spacial score (nSPS) is 14.1. The molecule has 5 nitrogen and oxygen atoms in total. The number of hydrogen-bond acceptors (Lipinski definition) is 3. The number of rotatable bonds is 5. The molecule has 0 radical (unpaired) electrons. The summed E-state index contributed by atoms with van der Waals surface area (Å²) >= 11 is 12.1. The van der Waals surface area contributed by atoms with Crippen LogP contribution >= 0.6 is 99.9 Å². The van der Waals surface area contributed by atoms with Crippen molar-refractivity contribution >= 4 is 112 Å². The Morgan fingerprint density at radius 2 is 1.25 bits per heavy atom. The third-order valence-electron chi connectivity index (χ3n) is 6.33. The quantitative estimate of drug-likeness (QED) is 0.305. The first-order valence-corrected chi connectivity index (χ1v) is 35.2. The van der Waals surface area contributed by atoms with Crippen LogP contribution in [-0.2, 0) is 30.4 Å². The number of halogens is 5. The second-order valence-corrected chi connectivity index (χ2v) is 57.1. The number of hydrogen-bond donors (Lipinski definition) is 1. The fourth-order valence-corrected chi connectivity index (χ4v) is 4.19. The molecule has 1 fully saturated rings. The molecule has 0 aliphatic heterocycles. The van der Waals surface area contributed by atoms with Gasteiger partial charge in [-0.15, -0.1) is 0 Å². The predicted molar refractivity (Wildman–Crippen MR) is 204 cm³/mol. The van der Waals surface area contributed by atoms with E-state index in [0.29, 0.717) is 28.7 Å². The molecule has 2 amide bonds. The van der Waals surface area contributed by atoms with Gasteiger partial charge in [0.2, 0.25) is 11.8 Å². The van der Waals surface area contributed by atoms with Crippen molar-refractivity contribution in [2.24, 2.45) is 0 Å². The molecule has 0 spiro atoms. The minimum atomic E-state index is -0.894. The summed E-state index contributed by atoms with van der Waals surface area (Å²) in [5, 5.41) is 11.0. The average Bonchev–Trinajstić information content (AvgIpc) is 2.87. The van der Waals surface area contributed by atoms with Crippen LogP contribution in [0.25, 0.3) is 0 Å². The third kappa shape index (κ3) is 18.2. The number of likely N-dealkylation sites (N-methyl/N-ethyl adjacent to an activating group) is 2. The number of aliphatic hydroxyl groups is 1. The molecule has 3 rings (SSSR count). The maximum absolute atomic E-state index is 12.6. The molecule has 0 bridgehead atoms. The molecule has 0 saturated heterocycles. The Balaban J connectivity index is 0.000000651. The zero-order valence-electron chi connectivity index (χ0n) is 23.9. The molecular formula is C28H40I5N2O3V2. The van der Waals surface area contributed by atoms with E-state index in [-0.39, 0.29) is 16.7 Å². The van der Waals surface area contributed by atoms with E-state index in [1.165, 1.54) is 11.1 Å². The molecule has 1 N–H and O–H groups in total. The van der Waals surface area contributed by atoms with Crippen LogP contribution in [0.15, 0.2) is 48.5 Å². The van der Waals surface area contributed by atoms with Crippen LogP contribution in [0.2, 0.25) is 0 Å². The van der Waals surface area contributed by atoms with E-state index in [2.05, 4.69) is 99.9 Å². The molecule has 1 aliphatic carbocycles. The van der Waals surface area contributed by atoms with Gasteiger partial charge in [0.15, 0.2) is 0 Å². The van der Waals surface area contributed by atoms with Crippen molar-refractivity contribution in [3.63, 3.8) is 0 Å². The van der Waals surface area contributed by atoms with Crippen LogP contribution in [0.1, 0.15) is 60.3 Å². The van der Waals surface area contributed by atoms with Gasteiger partial charge >= 0.3 is 114 Å². The summed E-state index contributed by atoms with van der Waals surface area (Å²) in [6.45, 7) is 4.07. The second kappa shape index (κ2) is 23.5. The van der Waals surface area contributed by atoms with Gasteiger partial charge in [0.25, 0.3) is 0 Å². The zero-order chi connectivity index (χ0) is 30.9. The van der Waals surface area contributed by atoms with Crippen molar-refractivity contribution in [2.45, 2.75) is 63.9 Å². The van der Waals surface area contributed by atoms with Gasteiger partial charge in [-0.25, -0.2) is 0 Å². The first-order valence-electron chi connectivity index (χ1n) is 12.6. The number of benzene rings is 2. The van der Waals surface area contributed by atoms with Crippen molar-refractivity contribution < 1.29 is 29.1 Å². The van der Waals surface area contributed by atoms with Gasteiger partial charge in [-0.1, -0.05) is 78.9 Å². The number of nitrogens with zero attached hydrogens (tertiary/aromatic N) is 2. The van der Waals surface area contributed by atoms with Crippen LogP contribution in [0.3, 0.4) is 0 Å². The number of aryl methyl sites for hydroxylation is 2. The molecule has 1 aliphatic rings. The molecule has 225 valence electrons. The third-order valence-corrected chi connectivity index (χ3v) is 6.33. The minimum absolute atomic E-state index is 0.00162. The van der Waals surface area contributed by atoms with E-state index < -0.39 is 11.5 Å². The Bertz CT molecular complexity index is 986. The molecule has 1 unspecified atom stereocenters. The van der Waals surface area contributed by atoms with E-state index >= 15 is 0 Å². The Hall–Kier alpha value is 2.16. The van der Waals surface area contributed by atoms with Crippen LogP contribution in [0, 0.1) is 13.8 Å². The fraction of sp³-hybridized carbons (Fsp3) is 0.500. The summed E-state index contributed by atoms with van der Waals surface area (Å²) in [7, 11) is 7.70. The molecular weight excluding hydrogens is 1150 g/mol. The summed E-state index contributed by atoms with van der Waals surface area (Å²) in [5.74, 6) is -0.305. The molecule has 12 heteroatoms. The summed E-state index contributed by atoms with van der Waals surface area (Å²) in [5.41, 5.74) is 3.50. The maximum atomic E-state index is 12.6. The average molecular weight is 1190 g/mol. The fourth-order valence-electron chi connectivity index (χ4n) is 4.19. The SMILES string of the molecule is Cc1ccc(C(C(=O)N(C)C)C2(O)CCCCC2)cc1.Cc1ccc(CC(=O)N(C)C)cc1.[I][V]([I])[I].[I][V][I]. The van der Waals surface area contributed by atoms with Crippen molar-refractivity contribution in [1.29, 1.82) is 0 Å². The van der Waals surface area contributed by atoms with Crippen LogP contribution in [0.4, 0.5) is 0 Å². The Morgan fingerprint density at radius 1 is 0.850 bits per heavy atom. The summed E-state index contributed by atoms with van der Waals surface area (Å²) < 4.78 is 0. The standard InChI is InChI=1S/C17H25NO2.C11H15NO.5HI.2V/c1-13-7-9-14(10-8-13)15(16(19)18(2)3)17(20)11-5-4-6-12-17;1-9-4-6-10(7-5-9)8-11(13)12(2)3;;;;;;;/h7-10,15,20H,4-6,11-12H2,1-3H3;4-7H,8H2,1-3H3;5*1H;;/q;;;;;;;+2;+3/p-5. The Morgan fingerprint density at radius 3 is 1.62 bits per heavy atom. The Kier molecular flexibility index (Phi) is 24.8. The molecule has 1 saturated carbocycles. The van der Waals surface area contributed by atoms with Crippen molar-refractivity contribution in [3.8, 4) is 0 Å². The number of carbonyl (C=O) groups is 2. The van der Waals surface area contributed by atoms with Crippen LogP contribution in [0.5, 0.6) is 0 Å². The van der Waals surface area contributed by atoms with Crippen molar-refractivity contribution in [2.75, 3.05) is 28.2 Å². The first-order chi connectivity index (χ1) is 18.7. The summed E-state index contributed by atoms with van der Waals surface area (Å²) in [6.07, 6.45) is 5.07. The summed E-state index contributed by atoms with van der Waals surface area (Å²) in [4.78, 5) is 26.8. The van der Waals surface area contributed by atoms with E-state index in [1.54, 1.807) is 38.0 Å². The van der Waals surface area contributed by atoms with E-state index in [1.807, 2.05) is 62.4 Å². The number of amides is 2. The topological polar surface area (TPSA) is 60.9 Å². The summed E-state index contributed by atoms with van der Waals surface area (Å²) in [6, 6.07) is 16.0. The van der Waals surface area contributed by atoms with Crippen LogP contribution < -0.4 is 0 Å². The zero-order valence-corrected chi connectivity index (χ0v) is 37.5.